The van der Waals surface area contributed by atoms with Crippen LogP contribution in [0.2, 0.25) is 0 Å². The Morgan fingerprint density at radius 3 is 2.81 bits per heavy atom. The molecule has 1 aliphatic heterocycles. The summed E-state index contributed by atoms with van der Waals surface area (Å²) in [5.41, 5.74) is 0. The van der Waals surface area contributed by atoms with Crippen LogP contribution in [-0.2, 0) is 6.54 Å². The van der Waals surface area contributed by atoms with Crippen LogP contribution in [-0.4, -0.2) is 40.7 Å². The van der Waals surface area contributed by atoms with Gasteiger partial charge in [0.05, 0.1) is 6.54 Å². The summed E-state index contributed by atoms with van der Waals surface area (Å²) in [6.45, 7) is 6.13. The number of hydrogen-bond donors (Lipinski definition) is 1. The molecule has 1 aliphatic carbocycles. The van der Waals surface area contributed by atoms with Crippen LogP contribution in [0.25, 0.3) is 0 Å². The number of rotatable bonds is 5. The van der Waals surface area contributed by atoms with Gasteiger partial charge in [0, 0.05) is 19.5 Å². The van der Waals surface area contributed by atoms with Crippen LogP contribution in [0.1, 0.15) is 56.7 Å². The molecule has 1 saturated heterocycles. The Morgan fingerprint density at radius 2 is 2.05 bits per heavy atom. The first-order valence-electron chi connectivity index (χ1n) is 8.54. The molecule has 2 heterocycles. The minimum atomic E-state index is 0.633. The number of piperidine rings is 1. The second-order valence-corrected chi connectivity index (χ2v) is 6.72. The Labute approximate surface area is 127 Å². The van der Waals surface area contributed by atoms with Crippen molar-refractivity contribution in [2.45, 2.75) is 64.5 Å². The van der Waals surface area contributed by atoms with Crippen molar-refractivity contribution < 1.29 is 4.52 Å². The number of nitrogens with one attached hydrogen (secondary N) is 1. The molecule has 0 bridgehead atoms. The largest absolute Gasteiger partial charge is 0.340 e. The van der Waals surface area contributed by atoms with Gasteiger partial charge in [-0.05, 0) is 44.7 Å². The van der Waals surface area contributed by atoms with Crippen molar-refractivity contribution in [1.29, 1.82) is 0 Å². The molecular weight excluding hydrogens is 264 g/mol. The Bertz CT molecular complexity index is 428. The molecular formula is C16H28N4O. The monoisotopic (exact) mass is 292 g/mol. The normalized spacial score (nSPS) is 25.3. The minimum Gasteiger partial charge on any atom is -0.340 e. The van der Waals surface area contributed by atoms with E-state index in [4.69, 9.17) is 4.52 Å². The molecule has 1 N–H and O–H groups in total. The molecule has 0 amide bonds. The fraction of sp³-hybridized carbons (Fsp3) is 0.875. The number of aromatic nitrogens is 2. The van der Waals surface area contributed by atoms with E-state index in [0.717, 1.165) is 31.4 Å². The summed E-state index contributed by atoms with van der Waals surface area (Å²) in [6.07, 6.45) is 9.71. The number of hydrogen-bond acceptors (Lipinski definition) is 5. The van der Waals surface area contributed by atoms with Crippen molar-refractivity contribution in [1.82, 2.24) is 20.4 Å². The van der Waals surface area contributed by atoms with Gasteiger partial charge in [-0.25, -0.2) is 0 Å². The quantitative estimate of drug-likeness (QED) is 0.903. The first-order valence-corrected chi connectivity index (χ1v) is 8.54. The van der Waals surface area contributed by atoms with Crippen LogP contribution < -0.4 is 5.32 Å². The molecule has 0 radical (unpaired) electrons. The van der Waals surface area contributed by atoms with Crippen molar-refractivity contribution in [3.63, 3.8) is 0 Å². The molecule has 0 aromatic carbocycles. The Balaban J connectivity index is 1.42. The highest BCUT2D eigenvalue weighted by Crippen LogP contribution is 2.23. The third-order valence-electron chi connectivity index (χ3n) is 4.86. The molecule has 2 aliphatic rings. The number of aryl methyl sites for hydroxylation is 1. The van der Waals surface area contributed by atoms with Gasteiger partial charge in [-0.3, -0.25) is 4.90 Å². The van der Waals surface area contributed by atoms with Gasteiger partial charge in [0.1, 0.15) is 0 Å². The molecule has 1 saturated carbocycles. The summed E-state index contributed by atoms with van der Waals surface area (Å²) in [4.78, 5) is 6.76. The van der Waals surface area contributed by atoms with Crippen molar-refractivity contribution in [3.8, 4) is 0 Å². The van der Waals surface area contributed by atoms with Crippen LogP contribution in [0.5, 0.6) is 0 Å². The van der Waals surface area contributed by atoms with Gasteiger partial charge < -0.3 is 9.84 Å². The Hall–Kier alpha value is -0.940. The first-order chi connectivity index (χ1) is 10.3. The third kappa shape index (κ3) is 4.51. The van der Waals surface area contributed by atoms with Crippen LogP contribution in [0.4, 0.5) is 0 Å². The predicted molar refractivity (Wildman–Crippen MR) is 81.9 cm³/mol. The Morgan fingerprint density at radius 1 is 1.19 bits per heavy atom. The van der Waals surface area contributed by atoms with Gasteiger partial charge in [0.15, 0.2) is 5.82 Å². The summed E-state index contributed by atoms with van der Waals surface area (Å²) < 4.78 is 5.06. The van der Waals surface area contributed by atoms with Crippen molar-refractivity contribution in [2.75, 3.05) is 19.6 Å². The average molecular weight is 292 g/mol. The predicted octanol–water partition coefficient (Wildman–Crippen LogP) is 2.51. The van der Waals surface area contributed by atoms with E-state index < -0.39 is 0 Å². The second kappa shape index (κ2) is 7.36. The summed E-state index contributed by atoms with van der Waals surface area (Å²) >= 11 is 0. The topological polar surface area (TPSA) is 54.2 Å². The molecule has 0 unspecified atom stereocenters. The van der Waals surface area contributed by atoms with E-state index in [9.17, 15) is 0 Å². The van der Waals surface area contributed by atoms with E-state index in [0.29, 0.717) is 11.9 Å². The fourth-order valence-electron chi connectivity index (χ4n) is 3.70. The summed E-state index contributed by atoms with van der Waals surface area (Å²) in [5, 5.41) is 7.81. The van der Waals surface area contributed by atoms with Gasteiger partial charge in [-0.1, -0.05) is 24.4 Å². The molecule has 2 fully saturated rings. The lowest BCUT2D eigenvalue weighted by atomic mass is 9.89. The van der Waals surface area contributed by atoms with Crippen LogP contribution in [0, 0.1) is 12.8 Å². The van der Waals surface area contributed by atoms with Crippen molar-refractivity contribution >= 4 is 0 Å². The summed E-state index contributed by atoms with van der Waals surface area (Å²) in [7, 11) is 0. The zero-order chi connectivity index (χ0) is 14.5. The molecule has 5 heteroatoms. The van der Waals surface area contributed by atoms with E-state index in [-0.39, 0.29) is 0 Å². The van der Waals surface area contributed by atoms with Gasteiger partial charge >= 0.3 is 0 Å². The lowest BCUT2D eigenvalue weighted by Gasteiger charge is -2.33. The number of nitrogens with zero attached hydrogens (tertiary/aromatic N) is 3. The summed E-state index contributed by atoms with van der Waals surface area (Å²) in [6, 6.07) is 0.633. The van der Waals surface area contributed by atoms with Gasteiger partial charge in [0.2, 0.25) is 5.89 Å². The zero-order valence-corrected chi connectivity index (χ0v) is 13.2. The molecule has 1 aromatic heterocycles. The highest BCUT2D eigenvalue weighted by atomic mass is 16.5. The molecule has 3 rings (SSSR count). The first kappa shape index (κ1) is 15.0. The van der Waals surface area contributed by atoms with E-state index in [1.165, 1.54) is 51.5 Å². The Kier molecular flexibility index (Phi) is 5.25. The van der Waals surface area contributed by atoms with Crippen LogP contribution >= 0.6 is 0 Å². The standard InChI is InChI=1S/C16H28N4O/c1-13-18-16(19-21-13)12-20-9-5-8-15(11-20)17-10-14-6-3-2-4-7-14/h14-15,17H,2-12H2,1H3/t15-/m1/s1. The lowest BCUT2D eigenvalue weighted by Crippen LogP contribution is -2.46. The zero-order valence-electron chi connectivity index (χ0n) is 13.2. The van der Waals surface area contributed by atoms with E-state index >= 15 is 0 Å². The van der Waals surface area contributed by atoms with E-state index in [1.807, 2.05) is 6.92 Å². The fourth-order valence-corrected chi connectivity index (χ4v) is 3.70. The molecule has 1 aromatic rings. The van der Waals surface area contributed by atoms with E-state index in [2.05, 4.69) is 20.4 Å². The third-order valence-corrected chi connectivity index (χ3v) is 4.86. The molecule has 118 valence electrons. The van der Waals surface area contributed by atoms with Gasteiger partial charge in [-0.15, -0.1) is 0 Å². The highest BCUT2D eigenvalue weighted by Gasteiger charge is 2.22. The van der Waals surface area contributed by atoms with E-state index in [1.54, 1.807) is 0 Å². The lowest BCUT2D eigenvalue weighted by molar-refractivity contribution is 0.172. The molecule has 0 spiro atoms. The van der Waals surface area contributed by atoms with Gasteiger partial charge in [0.25, 0.3) is 0 Å². The maximum absolute atomic E-state index is 5.06. The van der Waals surface area contributed by atoms with Gasteiger partial charge in [-0.2, -0.15) is 4.98 Å². The highest BCUT2D eigenvalue weighted by molar-refractivity contribution is 4.87. The van der Waals surface area contributed by atoms with Crippen molar-refractivity contribution in [2.24, 2.45) is 5.92 Å². The maximum atomic E-state index is 5.06. The smallest absolute Gasteiger partial charge is 0.223 e. The second-order valence-electron chi connectivity index (χ2n) is 6.72. The average Bonchev–Trinajstić information content (AvgIpc) is 2.92. The molecule has 5 nitrogen and oxygen atoms in total. The van der Waals surface area contributed by atoms with Crippen LogP contribution in [0.15, 0.2) is 4.52 Å². The maximum Gasteiger partial charge on any atom is 0.223 e. The molecule has 21 heavy (non-hydrogen) atoms. The SMILES string of the molecule is Cc1nc(CN2CCC[C@@H](NCC3CCCCC3)C2)no1. The minimum absolute atomic E-state index is 0.633. The summed E-state index contributed by atoms with van der Waals surface area (Å²) in [5.74, 6) is 2.39. The van der Waals surface area contributed by atoms with Crippen LogP contribution in [0.3, 0.4) is 0 Å². The number of likely N-dealkylation sites (tertiary alicyclic amines) is 1. The van der Waals surface area contributed by atoms with Crippen molar-refractivity contribution in [3.05, 3.63) is 11.7 Å². The molecule has 1 atom stereocenters.